The number of nitriles is 1. The number of pyridine rings is 1. The lowest BCUT2D eigenvalue weighted by molar-refractivity contribution is 0.186. The van der Waals surface area contributed by atoms with Gasteiger partial charge in [-0.3, -0.25) is 4.79 Å². The van der Waals surface area contributed by atoms with E-state index >= 15 is 0 Å². The van der Waals surface area contributed by atoms with Crippen LogP contribution >= 0.6 is 11.6 Å². The Morgan fingerprint density at radius 2 is 2.05 bits per heavy atom. The van der Waals surface area contributed by atoms with Gasteiger partial charge >= 0.3 is 7.41 Å². The van der Waals surface area contributed by atoms with Gasteiger partial charge in [0, 0.05) is 55.9 Å². The Hall–Kier alpha value is -3.50. The third kappa shape index (κ3) is 6.86. The maximum Gasteiger partial charge on any atom is 0.329 e. The average Bonchev–Trinajstić information content (AvgIpc) is 3.23. The largest absolute Gasteiger partial charge is 0.416 e. The standard InChI is InChI=1S/C30H37BClN6O4Si/c1-29(2,3)43(6,7)42-18-30(4)17-38(31-19-39)26-21(15-33)12-20(13-23(26)30)24-8-9-34-28(35-24)36-25-14-22(32)16-37(27(25)40)10-11-41-5/h8-9,12-14,16,19H,10-11,17-18H2,1-7H3,(H,34,35,36)/t30-/m1/s1. The topological polar surface area (TPSA) is 122 Å². The molecular formula is C30H37BClN6O4Si. The molecule has 1 aliphatic heterocycles. The number of nitrogens with one attached hydrogen (secondary N) is 1. The second-order valence-corrected chi connectivity index (χ2v) is 17.8. The molecule has 0 saturated heterocycles. The first-order chi connectivity index (χ1) is 20.2. The molecule has 1 aliphatic rings. The van der Waals surface area contributed by atoms with E-state index in [0.717, 1.165) is 11.7 Å². The van der Waals surface area contributed by atoms with Crippen LogP contribution in [0, 0.1) is 11.3 Å². The Morgan fingerprint density at radius 1 is 1.30 bits per heavy atom. The number of carbonyl (C=O) groups excluding carboxylic acids is 1. The zero-order valence-corrected chi connectivity index (χ0v) is 27.5. The summed E-state index contributed by atoms with van der Waals surface area (Å²) in [6.45, 7) is 14.7. The van der Waals surface area contributed by atoms with Crippen LogP contribution in [0.4, 0.5) is 17.3 Å². The highest BCUT2D eigenvalue weighted by Crippen LogP contribution is 2.46. The van der Waals surface area contributed by atoms with Crippen LogP contribution in [0.3, 0.4) is 0 Å². The summed E-state index contributed by atoms with van der Waals surface area (Å²) in [6, 6.07) is 9.35. The molecule has 0 aliphatic carbocycles. The van der Waals surface area contributed by atoms with E-state index in [4.69, 9.17) is 20.8 Å². The van der Waals surface area contributed by atoms with Crippen molar-refractivity contribution in [2.24, 2.45) is 0 Å². The van der Waals surface area contributed by atoms with E-state index in [-0.39, 0.29) is 22.2 Å². The predicted molar refractivity (Wildman–Crippen MR) is 173 cm³/mol. The smallest absolute Gasteiger partial charge is 0.329 e. The van der Waals surface area contributed by atoms with Gasteiger partial charge in [-0.15, -0.1) is 0 Å². The zero-order chi connectivity index (χ0) is 31.6. The Balaban J connectivity index is 1.74. The van der Waals surface area contributed by atoms with Gasteiger partial charge < -0.3 is 28.7 Å². The molecule has 0 spiro atoms. The van der Waals surface area contributed by atoms with Crippen molar-refractivity contribution >= 4 is 50.8 Å². The van der Waals surface area contributed by atoms with Crippen LogP contribution in [0.1, 0.15) is 38.8 Å². The number of rotatable bonds is 11. The molecule has 3 aromatic rings. The van der Waals surface area contributed by atoms with Gasteiger partial charge in [-0.2, -0.15) is 5.26 Å². The summed E-state index contributed by atoms with van der Waals surface area (Å²) in [7, 11) is 0.947. The van der Waals surface area contributed by atoms with Gasteiger partial charge in [0.15, 0.2) is 8.32 Å². The van der Waals surface area contributed by atoms with Crippen molar-refractivity contribution in [2.45, 2.75) is 57.8 Å². The molecule has 13 heteroatoms. The summed E-state index contributed by atoms with van der Waals surface area (Å²) >= 11 is 6.27. The van der Waals surface area contributed by atoms with Crippen molar-refractivity contribution in [1.29, 1.82) is 5.26 Å². The summed E-state index contributed by atoms with van der Waals surface area (Å²) in [5, 5.41) is 13.6. The molecule has 1 radical (unpaired) electrons. The van der Waals surface area contributed by atoms with Crippen LogP contribution in [0.15, 0.2) is 41.5 Å². The van der Waals surface area contributed by atoms with Gasteiger partial charge in [-0.1, -0.05) is 39.3 Å². The van der Waals surface area contributed by atoms with Crippen molar-refractivity contribution in [3.63, 3.8) is 0 Å². The molecule has 0 bridgehead atoms. The number of fused-ring (bicyclic) bond motifs is 1. The molecule has 43 heavy (non-hydrogen) atoms. The fourth-order valence-electron chi connectivity index (χ4n) is 4.80. The quantitative estimate of drug-likeness (QED) is 0.230. The summed E-state index contributed by atoms with van der Waals surface area (Å²) in [5.41, 5.74) is 2.73. The third-order valence-electron chi connectivity index (χ3n) is 8.27. The first kappa shape index (κ1) is 32.4. The Bertz CT molecular complexity index is 1620. The molecule has 1 aromatic carbocycles. The van der Waals surface area contributed by atoms with Crippen LogP contribution in [-0.2, 0) is 25.9 Å². The van der Waals surface area contributed by atoms with Gasteiger partial charge in [0.2, 0.25) is 5.95 Å². The van der Waals surface area contributed by atoms with Crippen LogP contribution in [0.5, 0.6) is 0 Å². The minimum atomic E-state index is -2.08. The maximum atomic E-state index is 13.0. The molecular weight excluding hydrogens is 583 g/mol. The number of halogens is 1. The number of benzene rings is 1. The molecule has 4 rings (SSSR count). The van der Waals surface area contributed by atoms with E-state index in [0.29, 0.717) is 53.8 Å². The highest BCUT2D eigenvalue weighted by atomic mass is 35.5. The molecule has 10 nitrogen and oxygen atoms in total. The van der Waals surface area contributed by atoms with E-state index in [9.17, 15) is 14.9 Å². The molecule has 0 unspecified atom stereocenters. The van der Waals surface area contributed by atoms with E-state index in [2.05, 4.69) is 62.1 Å². The van der Waals surface area contributed by atoms with Gasteiger partial charge in [0.1, 0.15) is 17.9 Å². The first-order valence-electron chi connectivity index (χ1n) is 14.0. The highest BCUT2D eigenvalue weighted by Gasteiger charge is 2.44. The van der Waals surface area contributed by atoms with E-state index in [1.807, 2.05) is 10.9 Å². The Kier molecular flexibility index (Phi) is 9.51. The van der Waals surface area contributed by atoms with Gasteiger partial charge in [-0.25, -0.2) is 9.97 Å². The van der Waals surface area contributed by atoms with Crippen molar-refractivity contribution in [3.05, 3.63) is 63.2 Å². The number of anilines is 3. The minimum Gasteiger partial charge on any atom is -0.416 e. The predicted octanol–water partition coefficient (Wildman–Crippen LogP) is 5.13. The Labute approximate surface area is 259 Å². The fourth-order valence-corrected chi connectivity index (χ4v) is 6.14. The summed E-state index contributed by atoms with van der Waals surface area (Å²) in [5.74, 6) is 0.203. The van der Waals surface area contributed by atoms with E-state index in [1.165, 1.54) is 18.0 Å². The summed E-state index contributed by atoms with van der Waals surface area (Å²) in [6.07, 6.45) is 3.88. The number of carbonyl (C=O) groups is 1. The number of methoxy groups -OCH3 is 1. The summed E-state index contributed by atoms with van der Waals surface area (Å²) in [4.78, 5) is 35.4. The number of hydrogen-bond donors (Lipinski definition) is 1. The second kappa shape index (κ2) is 12.6. The third-order valence-corrected chi connectivity index (χ3v) is 13.0. The molecule has 2 aromatic heterocycles. The fraction of sp³-hybridized carbons (Fsp3) is 0.433. The lowest BCUT2D eigenvalue weighted by atomic mass is 9.83. The second-order valence-electron chi connectivity index (χ2n) is 12.5. The monoisotopic (exact) mass is 619 g/mol. The van der Waals surface area contributed by atoms with Crippen molar-refractivity contribution in [3.8, 4) is 17.3 Å². The molecule has 3 heterocycles. The van der Waals surface area contributed by atoms with E-state index in [1.54, 1.807) is 31.6 Å². The lowest BCUT2D eigenvalue weighted by Gasteiger charge is -2.39. The minimum absolute atomic E-state index is 0.0272. The van der Waals surface area contributed by atoms with Crippen molar-refractivity contribution < 1.29 is 14.0 Å². The number of hydrogen-bond acceptors (Lipinski definition) is 9. The van der Waals surface area contributed by atoms with Crippen LogP contribution < -0.4 is 15.7 Å². The van der Waals surface area contributed by atoms with Gasteiger partial charge in [0.05, 0.1) is 22.9 Å². The van der Waals surface area contributed by atoms with Crippen LogP contribution in [0.25, 0.3) is 11.3 Å². The normalized spacial score (nSPS) is 16.5. The SMILES string of the molecule is COCCn1cc(Cl)cc(Nc2nccc(-c3cc(C#N)c4c(c3)[C@@](C)(CO[Si](C)(C)C(C)(C)C)CN4[B]C=O)n2)c1=O. The summed E-state index contributed by atoms with van der Waals surface area (Å²) < 4.78 is 13.2. The molecule has 1 atom stereocenters. The van der Waals surface area contributed by atoms with Crippen LogP contribution in [0.2, 0.25) is 23.2 Å². The van der Waals surface area contributed by atoms with Gasteiger partial charge in [0.25, 0.3) is 5.56 Å². The first-order valence-corrected chi connectivity index (χ1v) is 17.3. The molecule has 0 amide bonds. The van der Waals surface area contributed by atoms with Crippen LogP contribution in [-0.4, -0.2) is 63.3 Å². The number of aromatic nitrogens is 3. The average molecular weight is 620 g/mol. The van der Waals surface area contributed by atoms with E-state index < -0.39 is 13.7 Å². The number of nitrogens with zero attached hydrogens (tertiary/aromatic N) is 5. The molecule has 0 fully saturated rings. The lowest BCUT2D eigenvalue weighted by Crippen LogP contribution is -2.46. The Morgan fingerprint density at radius 3 is 2.70 bits per heavy atom. The molecule has 225 valence electrons. The van der Waals surface area contributed by atoms with Crippen molar-refractivity contribution in [2.75, 3.05) is 37.0 Å². The highest BCUT2D eigenvalue weighted by molar-refractivity contribution is 6.74. The maximum absolute atomic E-state index is 13.0. The van der Waals surface area contributed by atoms with Crippen molar-refractivity contribution in [1.82, 2.24) is 14.5 Å². The zero-order valence-electron chi connectivity index (χ0n) is 25.7. The molecule has 0 saturated carbocycles. The van der Waals surface area contributed by atoms with Gasteiger partial charge in [-0.05, 0) is 48.0 Å². The number of ether oxygens (including phenoxy) is 1. The molecule has 1 N–H and O–H groups in total.